The highest BCUT2D eigenvalue weighted by atomic mass is 127. The van der Waals surface area contributed by atoms with Gasteiger partial charge in [-0.3, -0.25) is 0 Å². The lowest BCUT2D eigenvalue weighted by Crippen LogP contribution is -2.44. The summed E-state index contributed by atoms with van der Waals surface area (Å²) in [4.78, 5) is 16.1. The van der Waals surface area contributed by atoms with Crippen LogP contribution in [0.15, 0.2) is 66.7 Å². The first-order valence-electron chi connectivity index (χ1n) is 12.4. The number of urea groups is 1. The Bertz CT molecular complexity index is 1080. The smallest absolute Gasteiger partial charge is 0.316 e. The van der Waals surface area contributed by atoms with Crippen molar-refractivity contribution in [1.29, 1.82) is 0 Å². The normalized spacial score (nSPS) is 14.5. The quantitative estimate of drug-likeness (QED) is 0.172. The van der Waals surface area contributed by atoms with Crippen LogP contribution in [0, 0.1) is 20.8 Å². The molecule has 3 aromatic carbocycles. The van der Waals surface area contributed by atoms with Gasteiger partial charge in [-0.25, -0.2) is 7.91 Å². The first-order chi connectivity index (χ1) is 16.4. The van der Waals surface area contributed by atoms with Crippen molar-refractivity contribution in [3.8, 4) is 11.1 Å². The van der Waals surface area contributed by atoms with Crippen LogP contribution in [0.3, 0.4) is 0 Å². The summed E-state index contributed by atoms with van der Waals surface area (Å²) in [6.07, 6.45) is 7.12. The first kappa shape index (κ1) is 24.8. The molecule has 4 rings (SSSR count). The van der Waals surface area contributed by atoms with Gasteiger partial charge in [0.25, 0.3) is 0 Å². The summed E-state index contributed by atoms with van der Waals surface area (Å²) in [7, 11) is 0. The van der Waals surface area contributed by atoms with E-state index in [1.54, 1.807) is 0 Å². The number of anilines is 1. The molecule has 0 saturated heterocycles. The second-order valence-electron chi connectivity index (χ2n) is 9.65. The fourth-order valence-corrected chi connectivity index (χ4v) is 6.28. The van der Waals surface area contributed by atoms with Gasteiger partial charge in [0, 0.05) is 12.6 Å². The SMILES string of the molecule is Cc1cc(C)c(N(I)C(=O)N(Cc2ccc(-c3ccccc3)cc2)C2CCCCCC2)c(C)c1. The maximum atomic E-state index is 14.0. The predicted octanol–water partition coefficient (Wildman–Crippen LogP) is 8.78. The highest BCUT2D eigenvalue weighted by Gasteiger charge is 2.29. The average molecular weight is 567 g/mol. The number of hydrogen-bond donors (Lipinski definition) is 0. The minimum Gasteiger partial charge on any atom is -0.316 e. The summed E-state index contributed by atoms with van der Waals surface area (Å²) >= 11 is 2.22. The molecule has 3 nitrogen and oxygen atoms in total. The van der Waals surface area contributed by atoms with Crippen molar-refractivity contribution in [3.63, 3.8) is 0 Å². The molecule has 1 aliphatic carbocycles. The Morgan fingerprint density at radius 3 is 1.97 bits per heavy atom. The van der Waals surface area contributed by atoms with E-state index < -0.39 is 0 Å². The van der Waals surface area contributed by atoms with E-state index in [2.05, 4.69) is 109 Å². The van der Waals surface area contributed by atoms with E-state index in [4.69, 9.17) is 0 Å². The van der Waals surface area contributed by atoms with E-state index in [9.17, 15) is 4.79 Å². The third-order valence-electron chi connectivity index (χ3n) is 6.92. The Labute approximate surface area is 218 Å². The molecule has 0 atom stereocenters. The summed E-state index contributed by atoms with van der Waals surface area (Å²) in [5, 5.41) is 0. The van der Waals surface area contributed by atoms with Crippen molar-refractivity contribution in [1.82, 2.24) is 4.90 Å². The molecule has 4 heteroatoms. The monoisotopic (exact) mass is 566 g/mol. The van der Waals surface area contributed by atoms with Gasteiger partial charge in [-0.2, -0.15) is 0 Å². The highest BCUT2D eigenvalue weighted by Crippen LogP contribution is 2.33. The molecule has 0 N–H and O–H groups in total. The Hall–Kier alpha value is -2.34. The second-order valence-corrected chi connectivity index (χ2v) is 10.6. The van der Waals surface area contributed by atoms with Crippen molar-refractivity contribution in [3.05, 3.63) is 89.0 Å². The van der Waals surface area contributed by atoms with E-state index in [-0.39, 0.29) is 12.1 Å². The van der Waals surface area contributed by atoms with Gasteiger partial charge in [0.1, 0.15) is 0 Å². The largest absolute Gasteiger partial charge is 0.334 e. The highest BCUT2D eigenvalue weighted by molar-refractivity contribution is 14.1. The van der Waals surface area contributed by atoms with Crippen LogP contribution in [-0.4, -0.2) is 17.0 Å². The molecule has 0 radical (unpaired) electrons. The van der Waals surface area contributed by atoms with E-state index in [1.807, 2.05) is 9.18 Å². The molecule has 0 bridgehead atoms. The van der Waals surface area contributed by atoms with Crippen molar-refractivity contribution >= 4 is 34.6 Å². The zero-order valence-corrected chi connectivity index (χ0v) is 22.7. The van der Waals surface area contributed by atoms with Gasteiger partial charge in [-0.05, 0) is 61.4 Å². The van der Waals surface area contributed by atoms with Gasteiger partial charge in [-0.1, -0.05) is 98.0 Å². The van der Waals surface area contributed by atoms with E-state index >= 15 is 0 Å². The summed E-state index contributed by atoms with van der Waals surface area (Å²) in [6, 6.07) is 23.9. The van der Waals surface area contributed by atoms with Gasteiger partial charge >= 0.3 is 6.03 Å². The molecule has 0 heterocycles. The molecule has 178 valence electrons. The molecule has 0 unspecified atom stereocenters. The molecule has 1 aliphatic rings. The van der Waals surface area contributed by atoms with Crippen molar-refractivity contribution in [2.24, 2.45) is 0 Å². The number of halogens is 1. The fourth-order valence-electron chi connectivity index (χ4n) is 5.24. The molecular formula is C30H35IN2O. The van der Waals surface area contributed by atoms with Crippen LogP contribution in [0.1, 0.15) is 60.8 Å². The van der Waals surface area contributed by atoms with Crippen molar-refractivity contribution in [2.75, 3.05) is 3.11 Å². The summed E-state index contributed by atoms with van der Waals surface area (Å²) < 4.78 is 1.85. The van der Waals surface area contributed by atoms with Crippen molar-refractivity contribution < 1.29 is 4.79 Å². The van der Waals surface area contributed by atoms with Crippen LogP contribution in [0.25, 0.3) is 11.1 Å². The first-order valence-corrected chi connectivity index (χ1v) is 13.4. The number of carbonyl (C=O) groups is 1. The van der Waals surface area contributed by atoms with Gasteiger partial charge in [0.05, 0.1) is 28.6 Å². The number of amides is 2. The predicted molar refractivity (Wildman–Crippen MR) is 151 cm³/mol. The van der Waals surface area contributed by atoms with Crippen LogP contribution < -0.4 is 3.11 Å². The van der Waals surface area contributed by atoms with Crippen LogP contribution in [0.2, 0.25) is 0 Å². The van der Waals surface area contributed by atoms with E-state index in [0.29, 0.717) is 6.54 Å². The van der Waals surface area contributed by atoms with Gasteiger partial charge < -0.3 is 4.90 Å². The van der Waals surface area contributed by atoms with Crippen LogP contribution >= 0.6 is 22.9 Å². The number of hydrogen-bond acceptors (Lipinski definition) is 1. The molecule has 1 fully saturated rings. The third kappa shape index (κ3) is 5.83. The molecule has 2 amide bonds. The fraction of sp³-hybridized carbons (Fsp3) is 0.367. The maximum absolute atomic E-state index is 14.0. The molecule has 0 aromatic heterocycles. The minimum absolute atomic E-state index is 0.0923. The zero-order valence-electron chi connectivity index (χ0n) is 20.6. The van der Waals surface area contributed by atoms with E-state index in [0.717, 1.165) is 29.7 Å². The third-order valence-corrected chi connectivity index (χ3v) is 7.82. The minimum atomic E-state index is 0.0923. The summed E-state index contributed by atoms with van der Waals surface area (Å²) in [5.41, 5.74) is 8.15. The summed E-state index contributed by atoms with van der Waals surface area (Å²) in [5.74, 6) is 0. The lowest BCUT2D eigenvalue weighted by atomic mass is 10.0. The Morgan fingerprint density at radius 2 is 1.38 bits per heavy atom. The molecule has 0 spiro atoms. The van der Waals surface area contributed by atoms with Crippen LogP contribution in [0.5, 0.6) is 0 Å². The van der Waals surface area contributed by atoms with Crippen LogP contribution in [-0.2, 0) is 6.54 Å². The maximum Gasteiger partial charge on any atom is 0.334 e. The van der Waals surface area contributed by atoms with Gasteiger partial charge in [-0.15, -0.1) is 0 Å². The van der Waals surface area contributed by atoms with Crippen LogP contribution in [0.4, 0.5) is 10.5 Å². The number of nitrogens with zero attached hydrogens (tertiary/aromatic N) is 2. The number of carbonyl (C=O) groups excluding carboxylic acids is 1. The standard InChI is InChI=1S/C30H35IN2O/c1-22-19-23(2)29(24(3)20-22)33(31)30(34)32(28-13-9-4-5-10-14-28)21-25-15-17-27(18-16-25)26-11-7-6-8-12-26/h6-8,11-12,15-20,28H,4-5,9-10,13-14,21H2,1-3H3. The van der Waals surface area contributed by atoms with Gasteiger partial charge in [0.15, 0.2) is 0 Å². The zero-order chi connectivity index (χ0) is 24.1. The lowest BCUT2D eigenvalue weighted by Gasteiger charge is -2.34. The second kappa shape index (κ2) is 11.4. The lowest BCUT2D eigenvalue weighted by molar-refractivity contribution is 0.173. The molecule has 1 saturated carbocycles. The van der Waals surface area contributed by atoms with Gasteiger partial charge in [0.2, 0.25) is 0 Å². The Morgan fingerprint density at radius 1 is 0.824 bits per heavy atom. The number of rotatable bonds is 5. The van der Waals surface area contributed by atoms with Crippen molar-refractivity contribution in [2.45, 2.75) is 71.9 Å². The average Bonchev–Trinajstić information content (AvgIpc) is 3.12. The Kier molecular flexibility index (Phi) is 8.30. The van der Waals surface area contributed by atoms with E-state index in [1.165, 1.54) is 47.9 Å². The topological polar surface area (TPSA) is 23.6 Å². The Balaban J connectivity index is 1.61. The number of benzene rings is 3. The molecular weight excluding hydrogens is 531 g/mol. The molecule has 34 heavy (non-hydrogen) atoms. The molecule has 0 aliphatic heterocycles. The molecule has 3 aromatic rings. The number of aryl methyl sites for hydroxylation is 3. The summed E-state index contributed by atoms with van der Waals surface area (Å²) in [6.45, 7) is 6.96.